The number of hydrogen-bond donors (Lipinski definition) is 0. The predicted molar refractivity (Wildman–Crippen MR) is 108 cm³/mol. The second-order valence-corrected chi connectivity index (χ2v) is 7.56. The average molecular weight is 378 g/mol. The number of hydrogen-bond acceptors (Lipinski definition) is 5. The first-order valence-corrected chi connectivity index (χ1v) is 9.83. The Hall–Kier alpha value is -2.57. The lowest BCUT2D eigenvalue weighted by molar-refractivity contribution is -0.138. The van der Waals surface area contributed by atoms with E-state index in [-0.39, 0.29) is 11.9 Å². The van der Waals surface area contributed by atoms with Crippen molar-refractivity contribution in [1.82, 2.24) is 14.8 Å². The summed E-state index contributed by atoms with van der Waals surface area (Å²) in [4.78, 5) is 26.4. The Labute approximate surface area is 165 Å². The molecule has 0 bridgehead atoms. The SMILES string of the molecule is CC(C)N1CCN2C(c3ccccn3)=NC(=O)C(OCc3ccccc3)C2C1. The van der Waals surface area contributed by atoms with Gasteiger partial charge in [0, 0.05) is 31.9 Å². The molecule has 1 amide bonds. The molecule has 0 radical (unpaired) electrons. The highest BCUT2D eigenvalue weighted by atomic mass is 16.5. The van der Waals surface area contributed by atoms with Crippen LogP contribution in [-0.4, -0.2) is 64.3 Å². The van der Waals surface area contributed by atoms with Crippen LogP contribution in [0.2, 0.25) is 0 Å². The van der Waals surface area contributed by atoms with Crippen molar-refractivity contribution >= 4 is 11.7 Å². The molecule has 2 aliphatic heterocycles. The van der Waals surface area contributed by atoms with E-state index in [4.69, 9.17) is 4.74 Å². The largest absolute Gasteiger partial charge is 0.361 e. The van der Waals surface area contributed by atoms with Crippen LogP contribution in [0.5, 0.6) is 0 Å². The molecular formula is C22H26N4O2. The van der Waals surface area contributed by atoms with Gasteiger partial charge in [0.2, 0.25) is 0 Å². The van der Waals surface area contributed by atoms with Crippen molar-refractivity contribution in [2.75, 3.05) is 19.6 Å². The number of amidine groups is 1. The summed E-state index contributed by atoms with van der Waals surface area (Å²) in [6, 6.07) is 16.0. The Kier molecular flexibility index (Phi) is 5.50. The number of rotatable bonds is 5. The van der Waals surface area contributed by atoms with E-state index in [0.717, 1.165) is 30.9 Å². The molecule has 2 aliphatic rings. The molecule has 1 fully saturated rings. The highest BCUT2D eigenvalue weighted by Gasteiger charge is 2.43. The zero-order valence-electron chi connectivity index (χ0n) is 16.4. The topological polar surface area (TPSA) is 58.0 Å². The lowest BCUT2D eigenvalue weighted by Gasteiger charge is -2.48. The summed E-state index contributed by atoms with van der Waals surface area (Å²) in [5.74, 6) is 0.446. The molecule has 2 unspecified atom stereocenters. The lowest BCUT2D eigenvalue weighted by Crippen LogP contribution is -2.64. The Morgan fingerprint density at radius 3 is 2.61 bits per heavy atom. The second kappa shape index (κ2) is 8.20. The predicted octanol–water partition coefficient (Wildman–Crippen LogP) is 2.35. The van der Waals surface area contributed by atoms with Crippen LogP contribution in [0.25, 0.3) is 0 Å². The molecule has 28 heavy (non-hydrogen) atoms. The van der Waals surface area contributed by atoms with Crippen molar-refractivity contribution < 1.29 is 9.53 Å². The molecule has 2 aromatic rings. The fourth-order valence-electron chi connectivity index (χ4n) is 3.86. The fourth-order valence-corrected chi connectivity index (χ4v) is 3.86. The van der Waals surface area contributed by atoms with Crippen molar-refractivity contribution in [3.8, 4) is 0 Å². The second-order valence-electron chi connectivity index (χ2n) is 7.56. The van der Waals surface area contributed by atoms with E-state index < -0.39 is 6.10 Å². The van der Waals surface area contributed by atoms with E-state index in [1.54, 1.807) is 6.20 Å². The molecule has 6 nitrogen and oxygen atoms in total. The summed E-state index contributed by atoms with van der Waals surface area (Å²) in [6.45, 7) is 7.28. The Bertz CT molecular complexity index is 838. The van der Waals surface area contributed by atoms with Gasteiger partial charge in [0.1, 0.15) is 5.69 Å². The Balaban J connectivity index is 1.62. The maximum absolute atomic E-state index is 12.9. The molecule has 1 saturated heterocycles. The van der Waals surface area contributed by atoms with Gasteiger partial charge in [-0.25, -0.2) is 0 Å². The fraction of sp³-hybridized carbons (Fsp3) is 0.409. The zero-order valence-corrected chi connectivity index (χ0v) is 16.4. The van der Waals surface area contributed by atoms with Crippen molar-refractivity contribution in [2.45, 2.75) is 38.6 Å². The van der Waals surface area contributed by atoms with Crippen molar-refractivity contribution in [3.05, 3.63) is 66.0 Å². The number of benzene rings is 1. The minimum Gasteiger partial charge on any atom is -0.361 e. The number of aromatic nitrogens is 1. The summed E-state index contributed by atoms with van der Waals surface area (Å²) in [5, 5.41) is 0. The molecule has 3 heterocycles. The molecule has 0 aliphatic carbocycles. The van der Waals surface area contributed by atoms with Crippen LogP contribution in [0.4, 0.5) is 0 Å². The number of pyridine rings is 1. The molecule has 6 heteroatoms. The molecule has 0 saturated carbocycles. The van der Waals surface area contributed by atoms with E-state index in [1.165, 1.54) is 0 Å². The van der Waals surface area contributed by atoms with Gasteiger partial charge in [-0.2, -0.15) is 4.99 Å². The van der Waals surface area contributed by atoms with Gasteiger partial charge in [-0.05, 0) is 31.5 Å². The van der Waals surface area contributed by atoms with Gasteiger partial charge in [-0.15, -0.1) is 0 Å². The lowest BCUT2D eigenvalue weighted by atomic mass is 10.00. The number of piperazine rings is 1. The zero-order chi connectivity index (χ0) is 19.5. The summed E-state index contributed by atoms with van der Waals surface area (Å²) >= 11 is 0. The summed E-state index contributed by atoms with van der Waals surface area (Å²) in [6.07, 6.45) is 1.16. The van der Waals surface area contributed by atoms with Crippen LogP contribution in [0.1, 0.15) is 25.1 Å². The van der Waals surface area contributed by atoms with Crippen LogP contribution in [0.3, 0.4) is 0 Å². The number of fused-ring (bicyclic) bond motifs is 1. The van der Waals surface area contributed by atoms with Crippen LogP contribution in [0, 0.1) is 0 Å². The summed E-state index contributed by atoms with van der Waals surface area (Å²) in [7, 11) is 0. The molecule has 1 aromatic carbocycles. The van der Waals surface area contributed by atoms with E-state index in [1.807, 2.05) is 48.5 Å². The molecule has 2 atom stereocenters. The Morgan fingerprint density at radius 1 is 1.11 bits per heavy atom. The van der Waals surface area contributed by atoms with Crippen LogP contribution in [-0.2, 0) is 16.1 Å². The van der Waals surface area contributed by atoms with Crippen LogP contribution >= 0.6 is 0 Å². The van der Waals surface area contributed by atoms with E-state index in [2.05, 4.69) is 33.6 Å². The monoisotopic (exact) mass is 378 g/mol. The van der Waals surface area contributed by atoms with Gasteiger partial charge in [0.05, 0.1) is 12.6 Å². The molecule has 4 rings (SSSR count). The molecule has 0 spiro atoms. The van der Waals surface area contributed by atoms with Gasteiger partial charge >= 0.3 is 0 Å². The smallest absolute Gasteiger partial charge is 0.279 e. The highest BCUT2D eigenvalue weighted by Crippen LogP contribution is 2.25. The first-order valence-electron chi connectivity index (χ1n) is 9.83. The number of ether oxygens (including phenoxy) is 1. The van der Waals surface area contributed by atoms with Crippen LogP contribution in [0.15, 0.2) is 59.7 Å². The first-order chi connectivity index (χ1) is 13.6. The number of amides is 1. The molecule has 1 aromatic heterocycles. The van der Waals surface area contributed by atoms with E-state index >= 15 is 0 Å². The number of nitrogens with zero attached hydrogens (tertiary/aromatic N) is 4. The highest BCUT2D eigenvalue weighted by molar-refractivity contribution is 6.07. The normalized spacial score (nSPS) is 22.9. The number of carbonyl (C=O) groups is 1. The first kappa shape index (κ1) is 18.8. The summed E-state index contributed by atoms with van der Waals surface area (Å²) in [5.41, 5.74) is 1.79. The number of aliphatic imine (C=N–C) groups is 1. The van der Waals surface area contributed by atoms with Crippen LogP contribution < -0.4 is 0 Å². The summed E-state index contributed by atoms with van der Waals surface area (Å²) < 4.78 is 6.12. The maximum Gasteiger partial charge on any atom is 0.279 e. The van der Waals surface area contributed by atoms with Gasteiger partial charge < -0.3 is 9.64 Å². The van der Waals surface area contributed by atoms with Gasteiger partial charge in [-0.3, -0.25) is 14.7 Å². The molecule has 0 N–H and O–H groups in total. The minimum atomic E-state index is -0.575. The minimum absolute atomic E-state index is 0.0677. The standard InChI is InChI=1S/C22H26N4O2/c1-16(2)25-12-13-26-19(14-25)20(28-15-17-8-4-3-5-9-17)22(27)24-21(26)18-10-6-7-11-23-18/h3-11,16,19-20H,12-15H2,1-2H3. The van der Waals surface area contributed by atoms with Gasteiger partial charge in [0.25, 0.3) is 5.91 Å². The van der Waals surface area contributed by atoms with Crippen molar-refractivity contribution in [3.63, 3.8) is 0 Å². The third-order valence-electron chi connectivity index (χ3n) is 5.43. The van der Waals surface area contributed by atoms with E-state index in [0.29, 0.717) is 18.5 Å². The molecular weight excluding hydrogens is 352 g/mol. The van der Waals surface area contributed by atoms with Crippen molar-refractivity contribution in [1.29, 1.82) is 0 Å². The maximum atomic E-state index is 12.9. The van der Waals surface area contributed by atoms with Gasteiger partial charge in [-0.1, -0.05) is 36.4 Å². The molecule has 146 valence electrons. The van der Waals surface area contributed by atoms with Crippen molar-refractivity contribution in [2.24, 2.45) is 4.99 Å². The van der Waals surface area contributed by atoms with E-state index in [9.17, 15) is 4.79 Å². The third kappa shape index (κ3) is 3.84. The third-order valence-corrected chi connectivity index (χ3v) is 5.43. The quantitative estimate of drug-likeness (QED) is 0.799. The Morgan fingerprint density at radius 2 is 1.89 bits per heavy atom. The van der Waals surface area contributed by atoms with Gasteiger partial charge in [0.15, 0.2) is 11.9 Å². The average Bonchev–Trinajstić information content (AvgIpc) is 2.73. The number of carbonyl (C=O) groups excluding carboxylic acids is 1.